The third-order valence-corrected chi connectivity index (χ3v) is 3.14. The van der Waals surface area contributed by atoms with Gasteiger partial charge in [0.25, 0.3) is 0 Å². The number of benzene rings is 2. The first-order chi connectivity index (χ1) is 9.67. The topological polar surface area (TPSA) is 47.9 Å². The van der Waals surface area contributed by atoms with Crippen LogP contribution in [0, 0.1) is 11.3 Å². The van der Waals surface area contributed by atoms with E-state index in [1.54, 1.807) is 12.1 Å². The van der Waals surface area contributed by atoms with Gasteiger partial charge in [-0.2, -0.15) is 5.26 Å². The summed E-state index contributed by atoms with van der Waals surface area (Å²) in [7, 11) is 0. The number of halogens is 1. The van der Waals surface area contributed by atoms with Gasteiger partial charge in [-0.15, -0.1) is 0 Å². The number of hydrogen-bond acceptors (Lipinski definition) is 2. The van der Waals surface area contributed by atoms with Crippen LogP contribution >= 0.6 is 23.8 Å². The van der Waals surface area contributed by atoms with Gasteiger partial charge >= 0.3 is 0 Å². The molecule has 100 valence electrons. The Bertz CT molecular complexity index is 630. The van der Waals surface area contributed by atoms with E-state index in [1.807, 2.05) is 36.4 Å². The SMILES string of the molecule is N#Cc1ccc(NC(=S)NCc2ccc(Cl)cc2)cc1. The average Bonchev–Trinajstić information content (AvgIpc) is 2.47. The lowest BCUT2D eigenvalue weighted by Gasteiger charge is -2.10. The van der Waals surface area contributed by atoms with Crippen LogP contribution in [0.2, 0.25) is 5.02 Å². The minimum atomic E-state index is 0.532. The molecule has 5 heteroatoms. The van der Waals surface area contributed by atoms with E-state index in [1.165, 1.54) is 0 Å². The van der Waals surface area contributed by atoms with E-state index in [9.17, 15) is 0 Å². The van der Waals surface area contributed by atoms with Crippen molar-refractivity contribution in [3.8, 4) is 6.07 Å². The first-order valence-corrected chi connectivity index (χ1v) is 6.75. The molecule has 2 aromatic rings. The van der Waals surface area contributed by atoms with Crippen LogP contribution < -0.4 is 10.6 Å². The fourth-order valence-electron chi connectivity index (χ4n) is 1.59. The number of anilines is 1. The highest BCUT2D eigenvalue weighted by molar-refractivity contribution is 7.80. The molecular formula is C15H12ClN3S. The van der Waals surface area contributed by atoms with Gasteiger partial charge in [0.05, 0.1) is 11.6 Å². The Hall–Kier alpha value is -2.09. The predicted octanol–water partition coefficient (Wildman–Crippen LogP) is 3.70. The average molecular weight is 302 g/mol. The maximum atomic E-state index is 8.72. The molecule has 0 amide bonds. The summed E-state index contributed by atoms with van der Waals surface area (Å²) < 4.78 is 0. The number of nitrogens with one attached hydrogen (secondary N) is 2. The molecule has 0 saturated carbocycles. The van der Waals surface area contributed by atoms with Gasteiger partial charge < -0.3 is 10.6 Å². The van der Waals surface area contributed by atoms with Crippen LogP contribution in [0.3, 0.4) is 0 Å². The van der Waals surface area contributed by atoms with E-state index in [0.717, 1.165) is 11.3 Å². The minimum absolute atomic E-state index is 0.532. The number of hydrogen-bond donors (Lipinski definition) is 2. The Morgan fingerprint density at radius 1 is 1.10 bits per heavy atom. The van der Waals surface area contributed by atoms with Crippen LogP contribution in [0.4, 0.5) is 5.69 Å². The second-order valence-electron chi connectivity index (χ2n) is 4.12. The third kappa shape index (κ3) is 4.23. The van der Waals surface area contributed by atoms with Crippen molar-refractivity contribution in [3.05, 3.63) is 64.7 Å². The van der Waals surface area contributed by atoms with Crippen molar-refractivity contribution >= 4 is 34.6 Å². The van der Waals surface area contributed by atoms with Gasteiger partial charge in [-0.05, 0) is 54.2 Å². The standard InChI is InChI=1S/C15H12ClN3S/c16-13-5-1-12(2-6-13)10-18-15(20)19-14-7-3-11(9-17)4-8-14/h1-8H,10H2,(H2,18,19,20). The molecule has 0 unspecified atom stereocenters. The summed E-state index contributed by atoms with van der Waals surface area (Å²) in [5, 5.41) is 16.1. The molecule has 3 nitrogen and oxygen atoms in total. The molecule has 0 heterocycles. The Morgan fingerprint density at radius 2 is 1.75 bits per heavy atom. The molecular weight excluding hydrogens is 290 g/mol. The van der Waals surface area contributed by atoms with Gasteiger partial charge in [0.1, 0.15) is 0 Å². The van der Waals surface area contributed by atoms with Crippen LogP contribution in [0.1, 0.15) is 11.1 Å². The van der Waals surface area contributed by atoms with Crippen LogP contribution in [-0.4, -0.2) is 5.11 Å². The van der Waals surface area contributed by atoms with Crippen molar-refractivity contribution in [2.24, 2.45) is 0 Å². The van der Waals surface area contributed by atoms with Crippen molar-refractivity contribution in [1.82, 2.24) is 5.32 Å². The molecule has 0 saturated heterocycles. The zero-order valence-corrected chi connectivity index (χ0v) is 12.1. The summed E-state index contributed by atoms with van der Waals surface area (Å²) in [6.07, 6.45) is 0. The molecule has 0 aliphatic rings. The molecule has 0 aromatic heterocycles. The van der Waals surface area contributed by atoms with E-state index in [4.69, 9.17) is 29.1 Å². The fraction of sp³-hybridized carbons (Fsp3) is 0.0667. The van der Waals surface area contributed by atoms with Gasteiger partial charge in [-0.3, -0.25) is 0 Å². The first kappa shape index (κ1) is 14.3. The number of nitriles is 1. The van der Waals surface area contributed by atoms with Gasteiger partial charge in [0.2, 0.25) is 0 Å². The molecule has 0 aliphatic heterocycles. The second kappa shape index (κ2) is 6.90. The van der Waals surface area contributed by atoms with E-state index >= 15 is 0 Å². The molecule has 0 fully saturated rings. The van der Waals surface area contributed by atoms with Gasteiger partial charge in [0, 0.05) is 17.3 Å². The highest BCUT2D eigenvalue weighted by Gasteiger charge is 1.99. The molecule has 0 atom stereocenters. The molecule has 0 radical (unpaired) electrons. The Kier molecular flexibility index (Phi) is 4.94. The Labute approximate surface area is 128 Å². The zero-order valence-electron chi connectivity index (χ0n) is 10.6. The molecule has 0 aliphatic carbocycles. The van der Waals surface area contributed by atoms with E-state index in [2.05, 4.69) is 16.7 Å². The lowest BCUT2D eigenvalue weighted by atomic mass is 10.2. The van der Waals surface area contributed by atoms with Crippen LogP contribution in [0.15, 0.2) is 48.5 Å². The third-order valence-electron chi connectivity index (χ3n) is 2.64. The maximum absolute atomic E-state index is 8.72. The molecule has 0 spiro atoms. The summed E-state index contributed by atoms with van der Waals surface area (Å²) in [6.45, 7) is 0.624. The van der Waals surface area contributed by atoms with Crippen molar-refractivity contribution in [1.29, 1.82) is 5.26 Å². The minimum Gasteiger partial charge on any atom is -0.358 e. The van der Waals surface area contributed by atoms with Gasteiger partial charge in [-0.1, -0.05) is 23.7 Å². The molecule has 0 bridgehead atoms. The number of thiocarbonyl (C=S) groups is 1. The summed E-state index contributed by atoms with van der Waals surface area (Å²) in [5.41, 5.74) is 2.56. The van der Waals surface area contributed by atoms with Crippen molar-refractivity contribution < 1.29 is 0 Å². The van der Waals surface area contributed by atoms with Gasteiger partial charge in [-0.25, -0.2) is 0 Å². The second-order valence-corrected chi connectivity index (χ2v) is 4.97. The summed E-state index contributed by atoms with van der Waals surface area (Å²) in [5.74, 6) is 0. The Morgan fingerprint density at radius 3 is 2.35 bits per heavy atom. The largest absolute Gasteiger partial charge is 0.358 e. The first-order valence-electron chi connectivity index (χ1n) is 5.97. The monoisotopic (exact) mass is 301 g/mol. The molecule has 2 aromatic carbocycles. The summed E-state index contributed by atoms with van der Waals surface area (Å²) >= 11 is 11.0. The van der Waals surface area contributed by atoms with Crippen molar-refractivity contribution in [2.75, 3.05) is 5.32 Å². The lowest BCUT2D eigenvalue weighted by molar-refractivity contribution is 0.926. The molecule has 2 rings (SSSR count). The summed E-state index contributed by atoms with van der Waals surface area (Å²) in [6, 6.07) is 16.8. The summed E-state index contributed by atoms with van der Waals surface area (Å²) in [4.78, 5) is 0. The quantitative estimate of drug-likeness (QED) is 0.849. The zero-order chi connectivity index (χ0) is 14.4. The van der Waals surface area contributed by atoms with Crippen LogP contribution in [0.25, 0.3) is 0 Å². The maximum Gasteiger partial charge on any atom is 0.171 e. The van der Waals surface area contributed by atoms with E-state index in [-0.39, 0.29) is 0 Å². The Balaban J connectivity index is 1.86. The number of nitrogens with zero attached hydrogens (tertiary/aromatic N) is 1. The van der Waals surface area contributed by atoms with E-state index < -0.39 is 0 Å². The van der Waals surface area contributed by atoms with Crippen molar-refractivity contribution in [3.63, 3.8) is 0 Å². The smallest absolute Gasteiger partial charge is 0.171 e. The lowest BCUT2D eigenvalue weighted by Crippen LogP contribution is -2.27. The van der Waals surface area contributed by atoms with Gasteiger partial charge in [0.15, 0.2) is 5.11 Å². The highest BCUT2D eigenvalue weighted by atomic mass is 35.5. The number of rotatable bonds is 3. The normalized spacial score (nSPS) is 9.60. The fourth-order valence-corrected chi connectivity index (χ4v) is 1.90. The van der Waals surface area contributed by atoms with E-state index in [0.29, 0.717) is 22.2 Å². The van der Waals surface area contributed by atoms with Crippen LogP contribution in [0.5, 0.6) is 0 Å². The predicted molar refractivity (Wildman–Crippen MR) is 85.7 cm³/mol. The van der Waals surface area contributed by atoms with Crippen LogP contribution in [-0.2, 0) is 6.54 Å². The van der Waals surface area contributed by atoms with Crippen molar-refractivity contribution in [2.45, 2.75) is 6.54 Å². The molecule has 20 heavy (non-hydrogen) atoms. The highest BCUT2D eigenvalue weighted by Crippen LogP contribution is 2.10. The molecule has 2 N–H and O–H groups in total.